The SMILES string of the molecule is CCC(COC(C)(F)F)OC(=O)C1CCCCC1. The molecule has 0 aromatic rings. The molecule has 0 bridgehead atoms. The van der Waals surface area contributed by atoms with Crippen LogP contribution in [-0.4, -0.2) is 24.8 Å². The zero-order valence-corrected chi connectivity index (χ0v) is 11.1. The Balaban J connectivity index is 2.34. The Kier molecular flexibility index (Phi) is 5.99. The molecule has 1 atom stereocenters. The molecule has 0 N–H and O–H groups in total. The highest BCUT2D eigenvalue weighted by atomic mass is 19.3. The molecule has 0 heterocycles. The van der Waals surface area contributed by atoms with E-state index in [1.807, 2.05) is 0 Å². The van der Waals surface area contributed by atoms with Crippen LogP contribution in [0.4, 0.5) is 8.78 Å². The van der Waals surface area contributed by atoms with Gasteiger partial charge in [0.1, 0.15) is 6.10 Å². The number of esters is 1. The number of hydrogen-bond donors (Lipinski definition) is 0. The van der Waals surface area contributed by atoms with Gasteiger partial charge >= 0.3 is 12.1 Å². The third-order valence-corrected chi connectivity index (χ3v) is 3.20. The van der Waals surface area contributed by atoms with Gasteiger partial charge in [0, 0.05) is 6.92 Å². The predicted molar refractivity (Wildman–Crippen MR) is 63.3 cm³/mol. The molecule has 1 aliphatic carbocycles. The van der Waals surface area contributed by atoms with Crippen LogP contribution in [0.5, 0.6) is 0 Å². The molecule has 1 rings (SSSR count). The first-order valence-electron chi connectivity index (χ1n) is 6.64. The molecule has 18 heavy (non-hydrogen) atoms. The lowest BCUT2D eigenvalue weighted by Crippen LogP contribution is -2.31. The number of hydrogen-bond acceptors (Lipinski definition) is 3. The predicted octanol–water partition coefficient (Wildman–Crippen LogP) is 3.52. The van der Waals surface area contributed by atoms with Crippen molar-refractivity contribution in [3.63, 3.8) is 0 Å². The van der Waals surface area contributed by atoms with E-state index in [0.717, 1.165) is 32.1 Å². The third-order valence-electron chi connectivity index (χ3n) is 3.20. The molecular weight excluding hydrogens is 242 g/mol. The molecule has 0 amide bonds. The van der Waals surface area contributed by atoms with Crippen LogP contribution in [0.2, 0.25) is 0 Å². The minimum absolute atomic E-state index is 0.0602. The monoisotopic (exact) mass is 264 g/mol. The van der Waals surface area contributed by atoms with Gasteiger partial charge in [0.05, 0.1) is 12.5 Å². The Bertz CT molecular complexity index is 257. The number of carbonyl (C=O) groups excluding carboxylic acids is 1. The summed E-state index contributed by atoms with van der Waals surface area (Å²) < 4.78 is 34.7. The van der Waals surface area contributed by atoms with Gasteiger partial charge < -0.3 is 9.47 Å². The summed E-state index contributed by atoms with van der Waals surface area (Å²) in [6, 6.07) is 0. The highest BCUT2D eigenvalue weighted by Crippen LogP contribution is 2.25. The van der Waals surface area contributed by atoms with Crippen LogP contribution in [0, 0.1) is 5.92 Å². The maximum atomic E-state index is 12.5. The molecular formula is C13H22F2O3. The molecule has 1 saturated carbocycles. The van der Waals surface area contributed by atoms with E-state index in [-0.39, 0.29) is 18.5 Å². The Hall–Kier alpha value is -0.710. The molecule has 106 valence electrons. The van der Waals surface area contributed by atoms with E-state index in [1.165, 1.54) is 0 Å². The van der Waals surface area contributed by atoms with Crippen molar-refractivity contribution in [1.29, 1.82) is 0 Å². The van der Waals surface area contributed by atoms with Gasteiger partial charge in [0.2, 0.25) is 0 Å². The zero-order valence-electron chi connectivity index (χ0n) is 11.1. The van der Waals surface area contributed by atoms with Gasteiger partial charge in [0.15, 0.2) is 0 Å². The smallest absolute Gasteiger partial charge is 0.353 e. The lowest BCUT2D eigenvalue weighted by Gasteiger charge is -2.24. The Morgan fingerprint density at radius 3 is 2.44 bits per heavy atom. The van der Waals surface area contributed by atoms with Crippen LogP contribution >= 0.6 is 0 Å². The minimum atomic E-state index is -3.18. The molecule has 0 aliphatic heterocycles. The molecule has 1 unspecified atom stereocenters. The van der Waals surface area contributed by atoms with E-state index >= 15 is 0 Å². The highest BCUT2D eigenvalue weighted by Gasteiger charge is 2.27. The van der Waals surface area contributed by atoms with Crippen LogP contribution in [0.1, 0.15) is 52.4 Å². The van der Waals surface area contributed by atoms with E-state index < -0.39 is 12.2 Å². The summed E-state index contributed by atoms with van der Waals surface area (Å²) in [7, 11) is 0. The fourth-order valence-corrected chi connectivity index (χ4v) is 2.07. The Morgan fingerprint density at radius 1 is 1.33 bits per heavy atom. The van der Waals surface area contributed by atoms with E-state index in [9.17, 15) is 13.6 Å². The second-order valence-electron chi connectivity index (χ2n) is 4.92. The summed E-state index contributed by atoms with van der Waals surface area (Å²) in [5, 5.41) is 0. The van der Waals surface area contributed by atoms with E-state index in [1.54, 1.807) is 6.92 Å². The molecule has 0 radical (unpaired) electrons. The topological polar surface area (TPSA) is 35.5 Å². The molecule has 0 aromatic heterocycles. The van der Waals surface area contributed by atoms with Gasteiger partial charge in [-0.25, -0.2) is 0 Å². The summed E-state index contributed by atoms with van der Waals surface area (Å²) in [5.74, 6) is -0.320. The van der Waals surface area contributed by atoms with Crippen molar-refractivity contribution >= 4 is 5.97 Å². The summed E-state index contributed by atoms with van der Waals surface area (Å²) in [5.41, 5.74) is 0. The van der Waals surface area contributed by atoms with Crippen LogP contribution in [0.15, 0.2) is 0 Å². The van der Waals surface area contributed by atoms with Crippen molar-refractivity contribution in [2.75, 3.05) is 6.61 Å². The van der Waals surface area contributed by atoms with E-state index in [2.05, 4.69) is 4.74 Å². The standard InChI is InChI=1S/C13H22F2O3/c1-3-11(9-17-13(2,14)15)18-12(16)10-7-5-4-6-8-10/h10-11H,3-9H2,1-2H3. The van der Waals surface area contributed by atoms with Crippen molar-refractivity contribution in [2.24, 2.45) is 5.92 Å². The largest absolute Gasteiger partial charge is 0.460 e. The van der Waals surface area contributed by atoms with Crippen LogP contribution in [-0.2, 0) is 14.3 Å². The summed E-state index contributed by atoms with van der Waals surface area (Å²) in [4.78, 5) is 11.8. The average Bonchev–Trinajstić information content (AvgIpc) is 2.34. The number of rotatable bonds is 6. The van der Waals surface area contributed by atoms with Crippen molar-refractivity contribution in [3.05, 3.63) is 0 Å². The quantitative estimate of drug-likeness (QED) is 0.689. The molecule has 5 heteroatoms. The molecule has 0 spiro atoms. The maximum Gasteiger partial charge on any atom is 0.353 e. The lowest BCUT2D eigenvalue weighted by molar-refractivity contribution is -0.238. The van der Waals surface area contributed by atoms with Gasteiger partial charge in [-0.05, 0) is 19.3 Å². The van der Waals surface area contributed by atoms with Crippen molar-refractivity contribution < 1.29 is 23.0 Å². The molecule has 1 fully saturated rings. The number of carbonyl (C=O) groups is 1. The van der Waals surface area contributed by atoms with E-state index in [0.29, 0.717) is 13.3 Å². The van der Waals surface area contributed by atoms with Crippen LogP contribution < -0.4 is 0 Å². The molecule has 3 nitrogen and oxygen atoms in total. The first-order valence-corrected chi connectivity index (χ1v) is 6.64. The normalized spacial score (nSPS) is 19.6. The Morgan fingerprint density at radius 2 is 1.94 bits per heavy atom. The molecule has 0 saturated heterocycles. The van der Waals surface area contributed by atoms with Crippen molar-refractivity contribution in [3.8, 4) is 0 Å². The first-order chi connectivity index (χ1) is 8.42. The summed E-state index contributed by atoms with van der Waals surface area (Å²) in [6.45, 7) is 2.22. The number of alkyl halides is 2. The molecule has 0 aromatic carbocycles. The minimum Gasteiger partial charge on any atom is -0.460 e. The third kappa shape index (κ3) is 5.76. The molecule has 1 aliphatic rings. The van der Waals surface area contributed by atoms with Gasteiger partial charge in [-0.2, -0.15) is 8.78 Å². The van der Waals surface area contributed by atoms with Crippen LogP contribution in [0.25, 0.3) is 0 Å². The number of ether oxygens (including phenoxy) is 2. The summed E-state index contributed by atoms with van der Waals surface area (Å²) >= 11 is 0. The van der Waals surface area contributed by atoms with Gasteiger partial charge in [-0.1, -0.05) is 26.2 Å². The first kappa shape index (κ1) is 15.3. The van der Waals surface area contributed by atoms with Gasteiger partial charge in [0.25, 0.3) is 0 Å². The zero-order chi connectivity index (χ0) is 13.6. The highest BCUT2D eigenvalue weighted by molar-refractivity contribution is 5.72. The van der Waals surface area contributed by atoms with Crippen LogP contribution in [0.3, 0.4) is 0 Å². The number of halogens is 2. The van der Waals surface area contributed by atoms with Gasteiger partial charge in [-0.3, -0.25) is 4.79 Å². The fourth-order valence-electron chi connectivity index (χ4n) is 2.07. The van der Waals surface area contributed by atoms with E-state index in [4.69, 9.17) is 4.74 Å². The van der Waals surface area contributed by atoms with Gasteiger partial charge in [-0.15, -0.1) is 0 Å². The Labute approximate surface area is 107 Å². The fraction of sp³-hybridized carbons (Fsp3) is 0.923. The van der Waals surface area contributed by atoms with Crippen molar-refractivity contribution in [2.45, 2.75) is 64.6 Å². The second kappa shape index (κ2) is 7.02. The maximum absolute atomic E-state index is 12.5. The summed E-state index contributed by atoms with van der Waals surface area (Å²) in [6.07, 6.45) is 1.66. The average molecular weight is 264 g/mol. The van der Waals surface area contributed by atoms with Crippen molar-refractivity contribution in [1.82, 2.24) is 0 Å². The second-order valence-corrected chi connectivity index (χ2v) is 4.92. The lowest BCUT2D eigenvalue weighted by atomic mass is 9.89.